The Morgan fingerprint density at radius 2 is 2.10 bits per heavy atom. The Labute approximate surface area is 179 Å². The van der Waals surface area contributed by atoms with Crippen molar-refractivity contribution in [3.63, 3.8) is 0 Å². The number of aryl methyl sites for hydroxylation is 2. The van der Waals surface area contributed by atoms with Crippen LogP contribution in [0.4, 0.5) is 4.79 Å². The summed E-state index contributed by atoms with van der Waals surface area (Å²) in [6, 6.07) is 1.09. The van der Waals surface area contributed by atoms with Crippen LogP contribution >= 0.6 is 0 Å². The van der Waals surface area contributed by atoms with Crippen LogP contribution in [0, 0.1) is 19.3 Å². The average molecular weight is 428 g/mol. The summed E-state index contributed by atoms with van der Waals surface area (Å²) in [6.07, 6.45) is 3.94. The third-order valence-electron chi connectivity index (χ3n) is 4.86. The van der Waals surface area contributed by atoms with Crippen molar-refractivity contribution in [2.24, 2.45) is 0 Å². The van der Waals surface area contributed by atoms with Crippen molar-refractivity contribution in [2.45, 2.75) is 26.9 Å². The van der Waals surface area contributed by atoms with Gasteiger partial charge >= 0.3 is 6.03 Å². The van der Waals surface area contributed by atoms with E-state index >= 15 is 0 Å². The van der Waals surface area contributed by atoms with Crippen LogP contribution in [0.1, 0.15) is 22.7 Å². The van der Waals surface area contributed by atoms with Crippen LogP contribution in [0.2, 0.25) is 0 Å². The number of carbonyl (C=O) groups excluding carboxylic acids is 2. The largest absolute Gasteiger partial charge is 0.493 e. The van der Waals surface area contributed by atoms with Crippen LogP contribution in [0.3, 0.4) is 0 Å². The molecule has 2 aromatic rings. The second-order valence-electron chi connectivity index (χ2n) is 6.76. The molecule has 0 atom stereocenters. The first-order valence-corrected chi connectivity index (χ1v) is 9.44. The standard InChI is InChI=1S/C20H24N6O5/c1-12-15(13(2)31-24-12)9-22-8-14(7-21)26-18(27)11-25(20(26)28)10-16-19(30-4)17(29-3)5-6-23-16/h5-8,21-22H,9-11H2,1-4H3/b14-8+,21-7?. The van der Waals surface area contributed by atoms with Gasteiger partial charge in [0, 0.05) is 36.8 Å². The molecule has 3 rings (SSSR count). The van der Waals surface area contributed by atoms with E-state index in [1.54, 1.807) is 19.2 Å². The van der Waals surface area contributed by atoms with Gasteiger partial charge in [-0.05, 0) is 13.8 Å². The van der Waals surface area contributed by atoms with E-state index in [0.29, 0.717) is 29.5 Å². The highest BCUT2D eigenvalue weighted by molar-refractivity contribution is 6.07. The predicted octanol–water partition coefficient (Wildman–Crippen LogP) is 1.75. The monoisotopic (exact) mass is 428 g/mol. The summed E-state index contributed by atoms with van der Waals surface area (Å²) in [6.45, 7) is 3.91. The van der Waals surface area contributed by atoms with Gasteiger partial charge in [0.25, 0.3) is 5.91 Å². The van der Waals surface area contributed by atoms with Crippen LogP contribution in [0.5, 0.6) is 11.5 Å². The number of aromatic nitrogens is 2. The molecule has 2 N–H and O–H groups in total. The molecule has 0 aromatic carbocycles. The van der Waals surface area contributed by atoms with Crippen LogP contribution in [0.25, 0.3) is 0 Å². The smallest absolute Gasteiger partial charge is 0.332 e. The highest BCUT2D eigenvalue weighted by Gasteiger charge is 2.38. The molecule has 1 aliphatic heterocycles. The number of ether oxygens (including phenoxy) is 2. The maximum atomic E-state index is 12.9. The fraction of sp³-hybridized carbons (Fsp3) is 0.350. The Morgan fingerprint density at radius 3 is 2.71 bits per heavy atom. The van der Waals surface area contributed by atoms with Gasteiger partial charge in [-0.3, -0.25) is 9.78 Å². The van der Waals surface area contributed by atoms with Crippen molar-refractivity contribution in [2.75, 3.05) is 20.8 Å². The lowest BCUT2D eigenvalue weighted by molar-refractivity contribution is -0.123. The Hall–Kier alpha value is -3.89. The molecule has 3 amide bonds. The number of hydrogen-bond donors (Lipinski definition) is 2. The van der Waals surface area contributed by atoms with Gasteiger partial charge in [0.15, 0.2) is 11.5 Å². The molecule has 0 radical (unpaired) electrons. The highest BCUT2D eigenvalue weighted by Crippen LogP contribution is 2.30. The first-order valence-electron chi connectivity index (χ1n) is 9.44. The summed E-state index contributed by atoms with van der Waals surface area (Å²) in [5, 5.41) is 14.6. The molecule has 0 spiro atoms. The maximum Gasteiger partial charge on any atom is 0.332 e. The van der Waals surface area contributed by atoms with Gasteiger partial charge in [0.1, 0.15) is 18.0 Å². The quantitative estimate of drug-likeness (QED) is 0.456. The summed E-state index contributed by atoms with van der Waals surface area (Å²) in [4.78, 5) is 32.0. The third kappa shape index (κ3) is 4.34. The second-order valence-corrected chi connectivity index (χ2v) is 6.76. The number of rotatable bonds is 9. The third-order valence-corrected chi connectivity index (χ3v) is 4.86. The molecule has 0 bridgehead atoms. The van der Waals surface area contributed by atoms with Crippen molar-refractivity contribution >= 4 is 18.2 Å². The topological polar surface area (TPSA) is 134 Å². The van der Waals surface area contributed by atoms with Crippen molar-refractivity contribution in [1.29, 1.82) is 5.41 Å². The van der Waals surface area contributed by atoms with Gasteiger partial charge in [-0.25, -0.2) is 9.69 Å². The summed E-state index contributed by atoms with van der Waals surface area (Å²) in [5.41, 5.74) is 2.20. The first kappa shape index (κ1) is 21.8. The van der Waals surface area contributed by atoms with Gasteiger partial charge in [-0.2, -0.15) is 0 Å². The van der Waals surface area contributed by atoms with Gasteiger partial charge < -0.3 is 29.6 Å². The Bertz CT molecular complexity index is 1010. The summed E-state index contributed by atoms with van der Waals surface area (Å²) >= 11 is 0. The lowest BCUT2D eigenvalue weighted by Crippen LogP contribution is -2.33. The first-order chi connectivity index (χ1) is 14.9. The van der Waals surface area contributed by atoms with E-state index in [-0.39, 0.29) is 18.8 Å². The van der Waals surface area contributed by atoms with Gasteiger partial charge in [0.05, 0.1) is 32.2 Å². The van der Waals surface area contributed by atoms with E-state index in [4.69, 9.17) is 19.4 Å². The number of carbonyl (C=O) groups is 2. The fourth-order valence-corrected chi connectivity index (χ4v) is 3.25. The van der Waals surface area contributed by atoms with Crippen LogP contribution in [0.15, 0.2) is 28.7 Å². The minimum Gasteiger partial charge on any atom is -0.493 e. The molecule has 164 valence electrons. The van der Waals surface area contributed by atoms with Gasteiger partial charge in [-0.1, -0.05) is 5.16 Å². The zero-order chi connectivity index (χ0) is 22.5. The van der Waals surface area contributed by atoms with E-state index < -0.39 is 11.9 Å². The summed E-state index contributed by atoms with van der Waals surface area (Å²) in [7, 11) is 2.98. The molecule has 1 saturated heterocycles. The lowest BCUT2D eigenvalue weighted by Gasteiger charge is -2.19. The second kappa shape index (κ2) is 9.28. The zero-order valence-corrected chi connectivity index (χ0v) is 17.8. The Balaban J connectivity index is 1.75. The van der Waals surface area contributed by atoms with Gasteiger partial charge in [-0.15, -0.1) is 0 Å². The number of imide groups is 1. The molecule has 1 fully saturated rings. The number of methoxy groups -OCH3 is 2. The van der Waals surface area contributed by atoms with Crippen molar-refractivity contribution in [3.05, 3.63) is 46.9 Å². The molecule has 11 heteroatoms. The van der Waals surface area contributed by atoms with Crippen LogP contribution in [-0.2, 0) is 17.9 Å². The Kier molecular flexibility index (Phi) is 6.53. The zero-order valence-electron chi connectivity index (χ0n) is 17.8. The molecule has 0 saturated carbocycles. The molecule has 31 heavy (non-hydrogen) atoms. The van der Waals surface area contributed by atoms with Crippen molar-refractivity contribution < 1.29 is 23.6 Å². The minimum atomic E-state index is -0.550. The number of pyridine rings is 1. The van der Waals surface area contributed by atoms with E-state index in [1.807, 2.05) is 6.92 Å². The molecule has 1 aliphatic rings. The number of allylic oxidation sites excluding steroid dienone is 1. The number of nitrogens with zero attached hydrogens (tertiary/aromatic N) is 4. The lowest BCUT2D eigenvalue weighted by atomic mass is 10.2. The van der Waals surface area contributed by atoms with Crippen molar-refractivity contribution in [1.82, 2.24) is 25.3 Å². The minimum absolute atomic E-state index is 0.0548. The number of hydrogen-bond acceptors (Lipinski definition) is 9. The molecular formula is C20H24N6O5. The van der Waals surface area contributed by atoms with E-state index in [2.05, 4.69) is 15.5 Å². The maximum absolute atomic E-state index is 12.9. The molecule has 2 aromatic heterocycles. The fourth-order valence-electron chi connectivity index (χ4n) is 3.25. The highest BCUT2D eigenvalue weighted by atomic mass is 16.5. The average Bonchev–Trinajstić information content (AvgIpc) is 3.23. The SMILES string of the molecule is COc1ccnc(CN2CC(=O)N(/C(C=N)=C/NCc3c(C)noc3C)C2=O)c1OC. The number of amides is 3. The molecule has 11 nitrogen and oxygen atoms in total. The number of urea groups is 1. The summed E-state index contributed by atoms with van der Waals surface area (Å²) < 4.78 is 15.7. The van der Waals surface area contributed by atoms with Crippen LogP contribution in [-0.4, -0.2) is 58.9 Å². The molecular weight excluding hydrogens is 404 g/mol. The normalized spacial score (nSPS) is 14.3. The molecule has 0 aliphatic carbocycles. The molecule has 0 unspecified atom stereocenters. The number of nitrogens with one attached hydrogen (secondary N) is 2. The molecule has 3 heterocycles. The van der Waals surface area contributed by atoms with Crippen LogP contribution < -0.4 is 14.8 Å². The Morgan fingerprint density at radius 1 is 1.32 bits per heavy atom. The van der Waals surface area contributed by atoms with Gasteiger partial charge in [0.2, 0.25) is 0 Å². The van der Waals surface area contributed by atoms with E-state index in [0.717, 1.165) is 22.4 Å². The van der Waals surface area contributed by atoms with E-state index in [1.165, 1.54) is 25.3 Å². The van der Waals surface area contributed by atoms with Crippen molar-refractivity contribution in [3.8, 4) is 11.5 Å². The van der Waals surface area contributed by atoms with E-state index in [9.17, 15) is 9.59 Å². The summed E-state index contributed by atoms with van der Waals surface area (Å²) in [5.74, 6) is 1.10. The predicted molar refractivity (Wildman–Crippen MR) is 110 cm³/mol.